The predicted octanol–water partition coefficient (Wildman–Crippen LogP) is 5.26. The molecule has 0 aromatic heterocycles. The maximum Gasteiger partial charge on any atom is 0.306 e. The molecule has 0 bridgehead atoms. The van der Waals surface area contributed by atoms with Gasteiger partial charge in [-0.2, -0.15) is 0 Å². The Labute approximate surface area is 119 Å². The highest BCUT2D eigenvalue weighted by Gasteiger charge is 2.29. The topological polar surface area (TPSA) is 37.3 Å². The number of aliphatic carboxylic acids is 1. The summed E-state index contributed by atoms with van der Waals surface area (Å²) in [7, 11) is 0. The number of carboxylic acid groups (broad SMARTS) is 1. The first-order chi connectivity index (χ1) is 9.19. The number of hydrogen-bond acceptors (Lipinski definition) is 1. The Morgan fingerprint density at radius 2 is 1.58 bits per heavy atom. The zero-order chi connectivity index (χ0) is 14.1. The zero-order valence-corrected chi connectivity index (χ0v) is 12.9. The molecule has 0 aliphatic heterocycles. The molecule has 0 radical (unpaired) electrons. The normalized spacial score (nSPS) is 25.2. The van der Waals surface area contributed by atoms with Gasteiger partial charge >= 0.3 is 5.97 Å². The summed E-state index contributed by atoms with van der Waals surface area (Å²) in [6, 6.07) is 0. The van der Waals surface area contributed by atoms with Gasteiger partial charge in [0.25, 0.3) is 0 Å². The van der Waals surface area contributed by atoms with Gasteiger partial charge in [-0.3, -0.25) is 4.79 Å². The third-order valence-corrected chi connectivity index (χ3v) is 4.89. The van der Waals surface area contributed by atoms with Crippen molar-refractivity contribution in [2.24, 2.45) is 17.8 Å². The van der Waals surface area contributed by atoms with Crippen LogP contribution in [-0.2, 0) is 4.79 Å². The van der Waals surface area contributed by atoms with Gasteiger partial charge in [-0.25, -0.2) is 0 Å². The fraction of sp³-hybridized carbons (Fsp3) is 0.941. The molecule has 19 heavy (non-hydrogen) atoms. The van der Waals surface area contributed by atoms with Gasteiger partial charge in [0.2, 0.25) is 0 Å². The summed E-state index contributed by atoms with van der Waals surface area (Å²) in [6.45, 7) is 4.53. The molecule has 1 fully saturated rings. The number of unbranched alkanes of at least 4 members (excludes halogenated alkanes) is 3. The maximum atomic E-state index is 11.0. The van der Waals surface area contributed by atoms with Crippen LogP contribution in [0.3, 0.4) is 0 Å². The van der Waals surface area contributed by atoms with E-state index in [4.69, 9.17) is 5.11 Å². The number of carbonyl (C=O) groups is 1. The van der Waals surface area contributed by atoms with Gasteiger partial charge in [0.1, 0.15) is 0 Å². The van der Waals surface area contributed by atoms with Gasteiger partial charge in [0, 0.05) is 0 Å². The molecule has 0 spiro atoms. The van der Waals surface area contributed by atoms with Crippen molar-refractivity contribution < 1.29 is 9.90 Å². The SMILES string of the molecule is CCCCCC(CCCC)C1CCC(C(=O)O)CC1. The minimum absolute atomic E-state index is 0.0567. The largest absolute Gasteiger partial charge is 0.481 e. The lowest BCUT2D eigenvalue weighted by Gasteiger charge is -2.33. The Bertz CT molecular complexity index is 242. The Morgan fingerprint density at radius 1 is 1.00 bits per heavy atom. The van der Waals surface area contributed by atoms with Crippen molar-refractivity contribution in [3.8, 4) is 0 Å². The average Bonchev–Trinajstić information content (AvgIpc) is 2.43. The van der Waals surface area contributed by atoms with Crippen LogP contribution in [0.1, 0.15) is 84.5 Å². The van der Waals surface area contributed by atoms with E-state index >= 15 is 0 Å². The van der Waals surface area contributed by atoms with Gasteiger partial charge in [0.15, 0.2) is 0 Å². The van der Waals surface area contributed by atoms with E-state index in [1.54, 1.807) is 0 Å². The minimum Gasteiger partial charge on any atom is -0.481 e. The molecule has 0 amide bonds. The quantitative estimate of drug-likeness (QED) is 0.579. The molecule has 1 unspecified atom stereocenters. The maximum absolute atomic E-state index is 11.0. The van der Waals surface area contributed by atoms with E-state index in [0.717, 1.165) is 37.5 Å². The van der Waals surface area contributed by atoms with Crippen LogP contribution in [0.4, 0.5) is 0 Å². The van der Waals surface area contributed by atoms with E-state index in [1.807, 2.05) is 0 Å². The second-order valence-corrected chi connectivity index (χ2v) is 6.35. The molecule has 0 heterocycles. The van der Waals surface area contributed by atoms with Crippen molar-refractivity contribution in [3.05, 3.63) is 0 Å². The van der Waals surface area contributed by atoms with E-state index < -0.39 is 5.97 Å². The van der Waals surface area contributed by atoms with Gasteiger partial charge < -0.3 is 5.11 Å². The standard InChI is InChI=1S/C17H32O2/c1-3-5-7-9-14(8-6-4-2)15-10-12-16(13-11-15)17(18)19/h14-16H,3-13H2,1-2H3,(H,18,19). The second kappa shape index (κ2) is 9.39. The first-order valence-electron chi connectivity index (χ1n) is 8.41. The second-order valence-electron chi connectivity index (χ2n) is 6.35. The molecule has 112 valence electrons. The highest BCUT2D eigenvalue weighted by Crippen LogP contribution is 2.37. The average molecular weight is 268 g/mol. The smallest absolute Gasteiger partial charge is 0.306 e. The van der Waals surface area contributed by atoms with Crippen LogP contribution in [0.15, 0.2) is 0 Å². The molecule has 1 rings (SSSR count). The zero-order valence-electron chi connectivity index (χ0n) is 12.9. The van der Waals surface area contributed by atoms with Crippen LogP contribution in [0.5, 0.6) is 0 Å². The number of carboxylic acids is 1. The molecule has 1 aliphatic carbocycles. The Balaban J connectivity index is 2.39. The lowest BCUT2D eigenvalue weighted by Crippen LogP contribution is -2.25. The Hall–Kier alpha value is -0.530. The van der Waals surface area contributed by atoms with Crippen molar-refractivity contribution >= 4 is 5.97 Å². The third-order valence-electron chi connectivity index (χ3n) is 4.89. The summed E-state index contributed by atoms with van der Waals surface area (Å²) in [5.41, 5.74) is 0. The fourth-order valence-electron chi connectivity index (χ4n) is 3.58. The van der Waals surface area contributed by atoms with E-state index in [9.17, 15) is 4.79 Å². The van der Waals surface area contributed by atoms with E-state index in [2.05, 4.69) is 13.8 Å². The summed E-state index contributed by atoms with van der Waals surface area (Å²) in [6.07, 6.45) is 13.5. The van der Waals surface area contributed by atoms with Gasteiger partial charge in [-0.15, -0.1) is 0 Å². The highest BCUT2D eigenvalue weighted by molar-refractivity contribution is 5.69. The van der Waals surface area contributed by atoms with Gasteiger partial charge in [-0.05, 0) is 37.5 Å². The van der Waals surface area contributed by atoms with Crippen LogP contribution < -0.4 is 0 Å². The summed E-state index contributed by atoms with van der Waals surface area (Å²) in [5, 5.41) is 9.08. The van der Waals surface area contributed by atoms with Gasteiger partial charge in [0.05, 0.1) is 5.92 Å². The molecule has 1 saturated carbocycles. The predicted molar refractivity (Wildman–Crippen MR) is 80.2 cm³/mol. The van der Waals surface area contributed by atoms with Crippen molar-refractivity contribution in [3.63, 3.8) is 0 Å². The highest BCUT2D eigenvalue weighted by atomic mass is 16.4. The molecule has 2 heteroatoms. The molecular formula is C17H32O2. The van der Waals surface area contributed by atoms with E-state index in [0.29, 0.717) is 0 Å². The summed E-state index contributed by atoms with van der Waals surface area (Å²) in [4.78, 5) is 11.0. The molecule has 1 atom stereocenters. The van der Waals surface area contributed by atoms with Crippen molar-refractivity contribution in [2.45, 2.75) is 84.5 Å². The molecule has 0 saturated heterocycles. The molecule has 0 aromatic rings. The van der Waals surface area contributed by atoms with Crippen molar-refractivity contribution in [2.75, 3.05) is 0 Å². The molecular weight excluding hydrogens is 236 g/mol. The summed E-state index contributed by atoms with van der Waals surface area (Å²) >= 11 is 0. The van der Waals surface area contributed by atoms with Crippen LogP contribution in [-0.4, -0.2) is 11.1 Å². The van der Waals surface area contributed by atoms with Crippen LogP contribution in [0, 0.1) is 17.8 Å². The van der Waals surface area contributed by atoms with Crippen LogP contribution >= 0.6 is 0 Å². The monoisotopic (exact) mass is 268 g/mol. The lowest BCUT2D eigenvalue weighted by molar-refractivity contribution is -0.143. The van der Waals surface area contributed by atoms with Crippen molar-refractivity contribution in [1.82, 2.24) is 0 Å². The molecule has 2 nitrogen and oxygen atoms in total. The lowest BCUT2D eigenvalue weighted by atomic mass is 9.73. The minimum atomic E-state index is -0.574. The molecule has 1 N–H and O–H groups in total. The van der Waals surface area contributed by atoms with E-state index in [-0.39, 0.29) is 5.92 Å². The third kappa shape index (κ3) is 5.97. The number of rotatable bonds is 9. The van der Waals surface area contributed by atoms with Crippen LogP contribution in [0.2, 0.25) is 0 Å². The molecule has 0 aromatic carbocycles. The van der Waals surface area contributed by atoms with E-state index in [1.165, 1.54) is 44.9 Å². The van der Waals surface area contributed by atoms with Crippen molar-refractivity contribution in [1.29, 1.82) is 0 Å². The summed E-state index contributed by atoms with van der Waals surface area (Å²) < 4.78 is 0. The number of hydrogen-bond donors (Lipinski definition) is 1. The first-order valence-corrected chi connectivity index (χ1v) is 8.41. The van der Waals surface area contributed by atoms with Gasteiger partial charge in [-0.1, -0.05) is 58.8 Å². The Kier molecular flexibility index (Phi) is 8.16. The summed E-state index contributed by atoms with van der Waals surface area (Å²) in [5.74, 6) is 1.04. The first kappa shape index (κ1) is 16.5. The molecule has 1 aliphatic rings. The van der Waals surface area contributed by atoms with Crippen LogP contribution in [0.25, 0.3) is 0 Å². The Morgan fingerprint density at radius 3 is 2.11 bits per heavy atom. The fourth-order valence-corrected chi connectivity index (χ4v) is 3.58.